The van der Waals surface area contributed by atoms with Gasteiger partial charge in [-0.15, -0.1) is 0 Å². The van der Waals surface area contributed by atoms with Crippen LogP contribution in [0.3, 0.4) is 0 Å². The molecule has 62 heavy (non-hydrogen) atoms. The van der Waals surface area contributed by atoms with Gasteiger partial charge in [-0.2, -0.15) is 13.2 Å². The molecule has 3 N–H and O–H groups in total. The zero-order valence-corrected chi connectivity index (χ0v) is 32.9. The summed E-state index contributed by atoms with van der Waals surface area (Å²) in [6, 6.07) is 19.2. The molecule has 330 valence electrons. The standard InChI is InChI=1S/C22H20F5N3O4.C20H21F2N3O3/c23-17-10-14(19(31)12-28-20(32)22(25,26)27)11-18(24)16(17)13-30(15-4-2-1-3-5-15)21(33)29-6-8-34-9-7-29;21-17-10-14(19(26)12-23)11-18(22)16(17)13-25(15-4-2-1-3-5-15)20(27)24-6-8-28-9-7-24/h1-5,10-11H,6-9,12-13H2,(H,28,32);1-5,10-11H,6-9,12-13,23H2. The van der Waals surface area contributed by atoms with Crippen LogP contribution in [0.25, 0.3) is 0 Å². The maximum absolute atomic E-state index is 14.8. The number of hydrogen-bond donors (Lipinski definition) is 2. The predicted molar refractivity (Wildman–Crippen MR) is 210 cm³/mol. The van der Waals surface area contributed by atoms with E-state index in [2.05, 4.69) is 0 Å². The van der Waals surface area contributed by atoms with E-state index >= 15 is 0 Å². The van der Waals surface area contributed by atoms with Crippen molar-refractivity contribution in [3.05, 3.63) is 130 Å². The van der Waals surface area contributed by atoms with Gasteiger partial charge in [0, 0.05) is 59.8 Å². The molecule has 2 aliphatic rings. The van der Waals surface area contributed by atoms with Gasteiger partial charge in [-0.3, -0.25) is 24.2 Å². The van der Waals surface area contributed by atoms with E-state index in [1.165, 1.54) is 20.0 Å². The monoisotopic (exact) mass is 874 g/mol. The Kier molecular flexibility index (Phi) is 16.1. The van der Waals surface area contributed by atoms with Gasteiger partial charge in [-0.25, -0.2) is 27.2 Å². The lowest BCUT2D eigenvalue weighted by molar-refractivity contribution is -0.173. The van der Waals surface area contributed by atoms with Crippen molar-refractivity contribution in [1.82, 2.24) is 15.1 Å². The van der Waals surface area contributed by atoms with E-state index in [1.807, 2.05) is 0 Å². The molecule has 2 saturated heterocycles. The highest BCUT2D eigenvalue weighted by atomic mass is 19.4. The summed E-state index contributed by atoms with van der Waals surface area (Å²) in [7, 11) is 0. The van der Waals surface area contributed by atoms with Crippen LogP contribution in [0.1, 0.15) is 31.8 Å². The number of hydrogen-bond acceptors (Lipinski definition) is 8. The fourth-order valence-electron chi connectivity index (χ4n) is 6.23. The van der Waals surface area contributed by atoms with E-state index in [0.29, 0.717) is 76.1 Å². The second-order valence-corrected chi connectivity index (χ2v) is 13.7. The van der Waals surface area contributed by atoms with Gasteiger partial charge in [0.05, 0.1) is 52.6 Å². The van der Waals surface area contributed by atoms with Gasteiger partial charge < -0.3 is 30.3 Å². The molecule has 2 aliphatic heterocycles. The molecule has 0 aromatic heterocycles. The van der Waals surface area contributed by atoms with Gasteiger partial charge in [0.1, 0.15) is 23.3 Å². The van der Waals surface area contributed by atoms with E-state index in [9.17, 15) is 54.7 Å². The van der Waals surface area contributed by atoms with Crippen molar-refractivity contribution < 1.29 is 64.2 Å². The molecule has 0 aliphatic carbocycles. The lowest BCUT2D eigenvalue weighted by atomic mass is 10.1. The minimum Gasteiger partial charge on any atom is -0.378 e. The summed E-state index contributed by atoms with van der Waals surface area (Å²) in [5, 5.41) is 1.35. The van der Waals surface area contributed by atoms with E-state index in [1.54, 1.807) is 65.6 Å². The number of urea groups is 2. The lowest BCUT2D eigenvalue weighted by Crippen LogP contribution is -2.48. The minimum absolute atomic E-state index is 0.132. The smallest absolute Gasteiger partial charge is 0.378 e. The average molecular weight is 875 g/mol. The quantitative estimate of drug-likeness (QED) is 0.141. The maximum atomic E-state index is 14.8. The Bertz CT molecular complexity index is 2180. The number of anilines is 2. The number of benzene rings is 4. The number of ketones is 2. The van der Waals surface area contributed by atoms with Crippen LogP contribution in [0.15, 0.2) is 84.9 Å². The molecule has 6 rings (SSSR count). The summed E-state index contributed by atoms with van der Waals surface area (Å²) in [6.07, 6.45) is -5.20. The topological polar surface area (TPSA) is 155 Å². The number of nitrogens with one attached hydrogen (secondary N) is 1. The fourth-order valence-corrected chi connectivity index (χ4v) is 6.23. The second-order valence-electron chi connectivity index (χ2n) is 13.7. The number of carbonyl (C=O) groups is 5. The Morgan fingerprint density at radius 1 is 0.597 bits per heavy atom. The van der Waals surface area contributed by atoms with Gasteiger partial charge in [0.15, 0.2) is 11.6 Å². The Labute approximate surface area is 350 Å². The number of alkyl halides is 3. The predicted octanol–water partition coefficient (Wildman–Crippen LogP) is 5.85. The molecule has 0 radical (unpaired) electrons. The highest BCUT2D eigenvalue weighted by Gasteiger charge is 2.38. The van der Waals surface area contributed by atoms with Crippen LogP contribution in [0.2, 0.25) is 0 Å². The largest absolute Gasteiger partial charge is 0.471 e. The number of rotatable bonds is 11. The normalized spacial score (nSPS) is 14.0. The first kappa shape index (κ1) is 46.7. The van der Waals surface area contributed by atoms with E-state index in [0.717, 1.165) is 12.1 Å². The van der Waals surface area contributed by atoms with Crippen molar-refractivity contribution in [3.8, 4) is 0 Å². The summed E-state index contributed by atoms with van der Waals surface area (Å²) in [5.41, 5.74) is 4.65. The molecule has 0 saturated carbocycles. The molecular formula is C42H41F7N6O7. The third kappa shape index (κ3) is 12.1. The van der Waals surface area contributed by atoms with Crippen LogP contribution >= 0.6 is 0 Å². The number of amides is 5. The molecule has 0 atom stereocenters. The molecule has 20 heteroatoms. The van der Waals surface area contributed by atoms with E-state index < -0.39 is 77.2 Å². The molecule has 2 heterocycles. The molecule has 4 aromatic rings. The number of Topliss-reactive ketones (excluding diaryl/α,β-unsaturated/α-hetero) is 2. The minimum atomic E-state index is -5.20. The van der Waals surface area contributed by atoms with Crippen molar-refractivity contribution in [2.75, 3.05) is 75.5 Å². The van der Waals surface area contributed by atoms with Crippen molar-refractivity contribution >= 4 is 40.9 Å². The third-order valence-corrected chi connectivity index (χ3v) is 9.57. The molecule has 2 fully saturated rings. The van der Waals surface area contributed by atoms with Gasteiger partial charge in [-0.1, -0.05) is 36.4 Å². The van der Waals surface area contributed by atoms with Crippen LogP contribution in [-0.4, -0.2) is 111 Å². The summed E-state index contributed by atoms with van der Waals surface area (Å²) in [5.74, 6) is -8.15. The summed E-state index contributed by atoms with van der Waals surface area (Å²) < 4.78 is 106. The SMILES string of the molecule is NCC(=O)c1cc(F)c(CN(C(=O)N2CCOCC2)c2ccccc2)c(F)c1.O=C(CNC(=O)C(F)(F)F)c1cc(F)c(CN(C(=O)N2CCOCC2)c2ccccc2)c(F)c1. The number of carbonyl (C=O) groups excluding carboxylic acids is 5. The molecule has 5 amide bonds. The van der Waals surface area contributed by atoms with Crippen molar-refractivity contribution in [3.63, 3.8) is 0 Å². The van der Waals surface area contributed by atoms with Crippen molar-refractivity contribution in [1.29, 1.82) is 0 Å². The molecule has 0 bridgehead atoms. The average Bonchev–Trinajstić information content (AvgIpc) is 3.28. The van der Waals surface area contributed by atoms with E-state index in [-0.39, 0.29) is 30.2 Å². The number of morpholine rings is 2. The van der Waals surface area contributed by atoms with E-state index in [4.69, 9.17) is 15.2 Å². The first-order valence-electron chi connectivity index (χ1n) is 19.0. The Morgan fingerprint density at radius 3 is 1.29 bits per heavy atom. The molecular weight excluding hydrogens is 833 g/mol. The Hall–Kier alpha value is -6.38. The Morgan fingerprint density at radius 2 is 0.952 bits per heavy atom. The van der Waals surface area contributed by atoms with Crippen molar-refractivity contribution in [2.24, 2.45) is 5.73 Å². The number of ether oxygens (including phenoxy) is 2. The van der Waals surface area contributed by atoms with Gasteiger partial charge >= 0.3 is 24.1 Å². The summed E-state index contributed by atoms with van der Waals surface area (Å²) in [6.45, 7) is 0.596. The molecule has 0 unspecified atom stereocenters. The lowest BCUT2D eigenvalue weighted by Gasteiger charge is -2.33. The fraction of sp³-hybridized carbons (Fsp3) is 0.310. The zero-order chi connectivity index (χ0) is 45.0. The Balaban J connectivity index is 0.000000238. The summed E-state index contributed by atoms with van der Waals surface area (Å²) in [4.78, 5) is 66.2. The first-order valence-corrected chi connectivity index (χ1v) is 19.0. The number of nitrogens with two attached hydrogens (primary N) is 1. The van der Waals surface area contributed by atoms with Crippen LogP contribution in [0.4, 0.5) is 51.7 Å². The highest BCUT2D eigenvalue weighted by Crippen LogP contribution is 2.26. The van der Waals surface area contributed by atoms with Gasteiger partial charge in [-0.05, 0) is 48.5 Å². The van der Waals surface area contributed by atoms with Gasteiger partial charge in [0.25, 0.3) is 0 Å². The van der Waals surface area contributed by atoms with Crippen LogP contribution < -0.4 is 20.9 Å². The highest BCUT2D eigenvalue weighted by molar-refractivity contribution is 6.00. The third-order valence-electron chi connectivity index (χ3n) is 9.57. The van der Waals surface area contributed by atoms with Crippen LogP contribution in [-0.2, 0) is 27.4 Å². The number of para-hydroxylation sites is 2. The maximum Gasteiger partial charge on any atom is 0.471 e. The molecule has 0 spiro atoms. The zero-order valence-electron chi connectivity index (χ0n) is 32.9. The van der Waals surface area contributed by atoms with Crippen molar-refractivity contribution in [2.45, 2.75) is 19.3 Å². The molecule has 13 nitrogen and oxygen atoms in total. The van der Waals surface area contributed by atoms with Crippen LogP contribution in [0, 0.1) is 23.3 Å². The molecule has 4 aromatic carbocycles. The number of halogens is 7. The second kappa shape index (κ2) is 21.4. The summed E-state index contributed by atoms with van der Waals surface area (Å²) >= 11 is 0. The first-order chi connectivity index (χ1) is 29.6. The number of nitrogens with zero attached hydrogens (tertiary/aromatic N) is 4. The van der Waals surface area contributed by atoms with Gasteiger partial charge in [0.2, 0.25) is 0 Å². The van der Waals surface area contributed by atoms with Crippen LogP contribution in [0.5, 0.6) is 0 Å².